The largest absolute Gasteiger partial charge is 0.469 e. The summed E-state index contributed by atoms with van der Waals surface area (Å²) in [5, 5.41) is 0.319. The Balaban J connectivity index is 1.86. The molecule has 0 aromatic heterocycles. The molecule has 252 valence electrons. The van der Waals surface area contributed by atoms with Crippen LogP contribution in [0.5, 0.6) is 0 Å². The van der Waals surface area contributed by atoms with Crippen molar-refractivity contribution in [2.24, 2.45) is 23.2 Å². The molecule has 3 aliphatic rings. The molecule has 0 spiro atoms. The Morgan fingerprint density at radius 2 is 1.64 bits per heavy atom. The van der Waals surface area contributed by atoms with E-state index >= 15 is 0 Å². The van der Waals surface area contributed by atoms with Crippen LogP contribution in [0, 0.1) is 23.2 Å². The van der Waals surface area contributed by atoms with Crippen LogP contribution in [0.2, 0.25) is 36.3 Å². The predicted molar refractivity (Wildman–Crippen MR) is 192 cm³/mol. The Kier molecular flexibility index (Phi) is 12.0. The first-order valence-corrected chi connectivity index (χ1v) is 23.5. The molecule has 5 unspecified atom stereocenters. The highest BCUT2D eigenvalue weighted by atomic mass is 28.4. The first-order chi connectivity index (χ1) is 20.1. The molecular weight excluding hydrogens is 577 g/mol. The van der Waals surface area contributed by atoms with E-state index in [4.69, 9.17) is 13.6 Å². The van der Waals surface area contributed by atoms with Gasteiger partial charge in [0.15, 0.2) is 16.6 Å². The highest BCUT2D eigenvalue weighted by molar-refractivity contribution is 6.74. The molecule has 0 aliphatic heterocycles. The molecule has 0 aromatic rings. The van der Waals surface area contributed by atoms with Gasteiger partial charge in [0.2, 0.25) is 0 Å². The number of fused-ring (bicyclic) bond motifs is 1. The van der Waals surface area contributed by atoms with E-state index < -0.39 is 16.6 Å². The van der Waals surface area contributed by atoms with Crippen molar-refractivity contribution in [3.8, 4) is 0 Å². The summed E-state index contributed by atoms with van der Waals surface area (Å²) in [5.74, 6) is 1.92. The number of allylic oxidation sites excluding steroid dienone is 3. The molecule has 3 aliphatic carbocycles. The monoisotopic (exact) mass is 644 g/mol. The Morgan fingerprint density at radius 3 is 2.23 bits per heavy atom. The Hall–Kier alpha value is -0.956. The van der Waals surface area contributed by atoms with Crippen LogP contribution in [0.1, 0.15) is 120 Å². The summed E-state index contributed by atoms with van der Waals surface area (Å²) in [6.07, 6.45) is 15.9. The summed E-state index contributed by atoms with van der Waals surface area (Å²) in [4.78, 5) is 11.7. The summed E-state index contributed by atoms with van der Waals surface area (Å²) in [6, 6.07) is 0. The highest BCUT2D eigenvalue weighted by Gasteiger charge is 2.50. The van der Waals surface area contributed by atoms with Crippen molar-refractivity contribution >= 4 is 22.6 Å². The summed E-state index contributed by atoms with van der Waals surface area (Å²) >= 11 is 0. The average Bonchev–Trinajstić information content (AvgIpc) is 3.25. The van der Waals surface area contributed by atoms with Gasteiger partial charge in [-0.2, -0.15) is 0 Å². The number of ether oxygens (including phenoxy) is 1. The van der Waals surface area contributed by atoms with Gasteiger partial charge in [-0.15, -0.1) is 0 Å². The zero-order chi connectivity index (χ0) is 33.3. The maximum Gasteiger partial charge on any atom is 0.305 e. The fourth-order valence-electron chi connectivity index (χ4n) is 7.85. The lowest BCUT2D eigenvalue weighted by Crippen LogP contribution is -2.49. The van der Waals surface area contributed by atoms with Crippen molar-refractivity contribution in [3.63, 3.8) is 0 Å². The van der Waals surface area contributed by atoms with Crippen LogP contribution in [0.4, 0.5) is 0 Å². The van der Waals surface area contributed by atoms with Crippen molar-refractivity contribution in [1.29, 1.82) is 0 Å². The van der Waals surface area contributed by atoms with Crippen LogP contribution >= 0.6 is 0 Å². The van der Waals surface area contributed by atoms with Crippen molar-refractivity contribution in [1.82, 2.24) is 0 Å². The van der Waals surface area contributed by atoms with Gasteiger partial charge in [-0.3, -0.25) is 4.79 Å². The van der Waals surface area contributed by atoms with Crippen molar-refractivity contribution < 1.29 is 18.4 Å². The lowest BCUT2D eigenvalue weighted by atomic mass is 9.60. The standard InChI is InChI=1S/C38H68O4Si2/c1-27(17-15-19-35(39)40-10)32-22-23-33-29(18-16-24-38(32,33)9)20-21-30-25-31(41-43(11,12)36(3,4)5)26-34(28(30)2)42-44(13,14)37(6,7)8/h20-21,27,31-34H,2,15-19,22-26H2,1,3-14H3/t27?,31?,32?,33?,34?,38-/m1/s1. The van der Waals surface area contributed by atoms with E-state index in [1.807, 2.05) is 0 Å². The first kappa shape index (κ1) is 37.5. The molecule has 6 heteroatoms. The van der Waals surface area contributed by atoms with Crippen LogP contribution in [0.25, 0.3) is 0 Å². The summed E-state index contributed by atoms with van der Waals surface area (Å²) in [5.41, 5.74) is 4.48. The minimum absolute atomic E-state index is 0.0161. The molecule has 44 heavy (non-hydrogen) atoms. The fourth-order valence-corrected chi connectivity index (χ4v) is 10.5. The molecule has 4 nitrogen and oxygen atoms in total. The number of carbonyl (C=O) groups is 1. The fraction of sp³-hybridized carbons (Fsp3) is 0.816. The Labute approximate surface area is 274 Å². The van der Waals surface area contributed by atoms with Gasteiger partial charge >= 0.3 is 5.97 Å². The van der Waals surface area contributed by atoms with Gasteiger partial charge in [0, 0.05) is 12.8 Å². The maximum absolute atomic E-state index is 11.7. The SMILES string of the molecule is C=C1C(=CC=C2CCC[C@@]3(C)C2CCC3C(C)CCCC(=O)OC)CC(O[Si](C)(C)C(C)(C)C)CC1O[Si](C)(C)C(C)(C)C. The third-order valence-electron chi connectivity index (χ3n) is 12.7. The number of carbonyl (C=O) groups excluding carboxylic acids is 1. The Bertz CT molecular complexity index is 1090. The van der Waals surface area contributed by atoms with Gasteiger partial charge in [-0.25, -0.2) is 0 Å². The minimum Gasteiger partial charge on any atom is -0.469 e. The number of methoxy groups -OCH3 is 1. The summed E-state index contributed by atoms with van der Waals surface area (Å²) in [6.45, 7) is 33.1. The molecule has 0 amide bonds. The van der Waals surface area contributed by atoms with E-state index in [1.165, 1.54) is 50.4 Å². The van der Waals surface area contributed by atoms with Crippen molar-refractivity contribution in [2.45, 2.75) is 168 Å². The molecular formula is C38H68O4Si2. The Morgan fingerprint density at radius 1 is 1.02 bits per heavy atom. The van der Waals surface area contributed by atoms with Gasteiger partial charge < -0.3 is 13.6 Å². The molecule has 3 fully saturated rings. The minimum atomic E-state index is -1.98. The van der Waals surface area contributed by atoms with Crippen LogP contribution in [-0.4, -0.2) is 41.9 Å². The van der Waals surface area contributed by atoms with E-state index in [2.05, 4.69) is 100 Å². The molecule has 0 N–H and O–H groups in total. The number of esters is 1. The zero-order valence-corrected chi connectivity index (χ0v) is 33.0. The summed E-state index contributed by atoms with van der Waals surface area (Å²) < 4.78 is 19.0. The number of hydrogen-bond donors (Lipinski definition) is 0. The quantitative estimate of drug-likeness (QED) is 0.175. The lowest BCUT2D eigenvalue weighted by Gasteiger charge is -2.46. The maximum atomic E-state index is 11.7. The molecule has 0 aromatic carbocycles. The number of hydrogen-bond acceptors (Lipinski definition) is 4. The van der Waals surface area contributed by atoms with Gasteiger partial charge in [-0.05, 0) is 122 Å². The normalized spacial score (nSPS) is 31.3. The van der Waals surface area contributed by atoms with Gasteiger partial charge in [0.05, 0.1) is 19.3 Å². The zero-order valence-electron chi connectivity index (χ0n) is 31.0. The van der Waals surface area contributed by atoms with Gasteiger partial charge in [-0.1, -0.05) is 79.7 Å². The van der Waals surface area contributed by atoms with Crippen LogP contribution in [0.15, 0.2) is 35.5 Å². The third kappa shape index (κ3) is 8.49. The second-order valence-corrected chi connectivity index (χ2v) is 27.3. The molecule has 3 saturated carbocycles. The molecule has 6 atom stereocenters. The molecule has 0 bridgehead atoms. The second kappa shape index (κ2) is 14.0. The highest BCUT2D eigenvalue weighted by Crippen LogP contribution is 2.60. The number of rotatable bonds is 10. The van der Waals surface area contributed by atoms with E-state index in [-0.39, 0.29) is 28.3 Å². The topological polar surface area (TPSA) is 44.8 Å². The van der Waals surface area contributed by atoms with Crippen LogP contribution < -0.4 is 0 Å². The first-order valence-electron chi connectivity index (χ1n) is 17.6. The van der Waals surface area contributed by atoms with Gasteiger partial charge in [0.1, 0.15) is 0 Å². The third-order valence-corrected chi connectivity index (χ3v) is 21.7. The van der Waals surface area contributed by atoms with E-state index in [0.717, 1.165) is 31.6 Å². The van der Waals surface area contributed by atoms with E-state index in [1.54, 1.807) is 5.57 Å². The molecule has 3 rings (SSSR count). The van der Waals surface area contributed by atoms with Crippen LogP contribution in [0.3, 0.4) is 0 Å². The lowest BCUT2D eigenvalue weighted by molar-refractivity contribution is -0.140. The molecule has 0 saturated heterocycles. The van der Waals surface area contributed by atoms with Crippen molar-refractivity contribution in [3.05, 3.63) is 35.5 Å². The van der Waals surface area contributed by atoms with E-state index in [9.17, 15) is 4.79 Å². The van der Waals surface area contributed by atoms with Gasteiger partial charge in [0.25, 0.3) is 0 Å². The molecule has 0 radical (unpaired) electrons. The second-order valence-electron chi connectivity index (χ2n) is 17.8. The summed E-state index contributed by atoms with van der Waals surface area (Å²) in [7, 11) is -2.42. The van der Waals surface area contributed by atoms with Crippen LogP contribution in [-0.2, 0) is 18.4 Å². The smallest absolute Gasteiger partial charge is 0.305 e. The molecule has 0 heterocycles. The average molecular weight is 645 g/mol. The predicted octanol–water partition coefficient (Wildman–Crippen LogP) is 11.2. The van der Waals surface area contributed by atoms with Crippen molar-refractivity contribution in [2.75, 3.05) is 7.11 Å². The van der Waals surface area contributed by atoms with E-state index in [0.29, 0.717) is 23.7 Å².